The first-order valence-electron chi connectivity index (χ1n) is 8.65. The summed E-state index contributed by atoms with van der Waals surface area (Å²) >= 11 is 5.51. The summed E-state index contributed by atoms with van der Waals surface area (Å²) in [6.07, 6.45) is 1.19. The number of hydrogen-bond donors (Lipinski definition) is 1. The molecule has 3 rings (SSSR count). The molecule has 0 aromatic heterocycles. The van der Waals surface area contributed by atoms with Gasteiger partial charge in [0.1, 0.15) is 22.0 Å². The van der Waals surface area contributed by atoms with Gasteiger partial charge in [0.05, 0.1) is 0 Å². The monoisotopic (exact) mass is 359 g/mol. The van der Waals surface area contributed by atoms with Crippen molar-refractivity contribution in [1.29, 1.82) is 0 Å². The van der Waals surface area contributed by atoms with Crippen LogP contribution < -0.4 is 5.32 Å². The van der Waals surface area contributed by atoms with Crippen molar-refractivity contribution in [2.75, 3.05) is 13.1 Å². The van der Waals surface area contributed by atoms with Gasteiger partial charge in [-0.3, -0.25) is 4.99 Å². The van der Waals surface area contributed by atoms with E-state index in [1.165, 1.54) is 5.56 Å². The normalized spacial score (nSPS) is 19.6. The third-order valence-electron chi connectivity index (χ3n) is 4.45. The van der Waals surface area contributed by atoms with Gasteiger partial charge >= 0.3 is 6.09 Å². The number of aryl methyl sites for hydroxylation is 1. The molecule has 0 radical (unpaired) electrons. The number of aliphatic imine (C=N–C) groups is 1. The zero-order valence-electron chi connectivity index (χ0n) is 15.3. The highest BCUT2D eigenvalue weighted by molar-refractivity contribution is 7.82. The van der Waals surface area contributed by atoms with Gasteiger partial charge in [0.2, 0.25) is 0 Å². The Hall–Kier alpha value is -1.95. The third-order valence-corrected chi connectivity index (χ3v) is 4.75. The summed E-state index contributed by atoms with van der Waals surface area (Å²) < 4.78 is 5.46. The first-order chi connectivity index (χ1) is 11.7. The number of likely N-dealkylation sites (tertiary alicyclic amines) is 1. The number of benzene rings is 1. The molecule has 2 aliphatic rings. The molecule has 0 bridgehead atoms. The van der Waals surface area contributed by atoms with Crippen LogP contribution in [0.1, 0.15) is 44.7 Å². The van der Waals surface area contributed by atoms with Crippen molar-refractivity contribution in [1.82, 2.24) is 10.2 Å². The van der Waals surface area contributed by atoms with Crippen molar-refractivity contribution < 1.29 is 9.53 Å². The first-order valence-corrected chi connectivity index (χ1v) is 9.06. The third kappa shape index (κ3) is 4.00. The van der Waals surface area contributed by atoms with Crippen LogP contribution in [0.3, 0.4) is 0 Å². The summed E-state index contributed by atoms with van der Waals surface area (Å²) in [5.41, 5.74) is 2.23. The molecule has 1 saturated heterocycles. The molecule has 0 unspecified atom stereocenters. The number of ether oxygens (including phenoxy) is 1. The Morgan fingerprint density at radius 1 is 1.24 bits per heavy atom. The highest BCUT2D eigenvalue weighted by atomic mass is 32.1. The van der Waals surface area contributed by atoms with Crippen LogP contribution in [0.2, 0.25) is 0 Å². The van der Waals surface area contributed by atoms with Crippen LogP contribution in [0.25, 0.3) is 0 Å². The van der Waals surface area contributed by atoms with Gasteiger partial charge in [-0.05, 0) is 27.7 Å². The SMILES string of the molecule is Cc1ccc(C2=NC3(CCN(C(=O)OC(C)(C)C)CC3)NC2=S)cc1. The van der Waals surface area contributed by atoms with Gasteiger partial charge in [0.25, 0.3) is 0 Å². The highest BCUT2D eigenvalue weighted by Crippen LogP contribution is 2.30. The Labute approximate surface area is 154 Å². The van der Waals surface area contributed by atoms with E-state index in [4.69, 9.17) is 21.9 Å². The second-order valence-corrected chi connectivity index (χ2v) is 8.19. The topological polar surface area (TPSA) is 53.9 Å². The fourth-order valence-electron chi connectivity index (χ4n) is 3.09. The molecule has 1 fully saturated rings. The molecule has 6 heteroatoms. The molecule has 2 aliphatic heterocycles. The summed E-state index contributed by atoms with van der Waals surface area (Å²) in [5, 5.41) is 3.39. The summed E-state index contributed by atoms with van der Waals surface area (Å²) in [5.74, 6) is 0. The maximum Gasteiger partial charge on any atom is 0.410 e. The van der Waals surface area contributed by atoms with Gasteiger partial charge in [-0.2, -0.15) is 0 Å². The maximum absolute atomic E-state index is 12.2. The standard InChI is InChI=1S/C19H25N3O2S/c1-13-5-7-14(8-6-13)15-16(25)21-19(20-15)9-11-22(12-10-19)17(23)24-18(2,3)4/h5-8H,9-12H2,1-4H3,(H,21,25). The molecule has 1 N–H and O–H groups in total. The first kappa shape index (κ1) is 17.9. The molecule has 1 spiro atoms. The molecule has 0 aliphatic carbocycles. The predicted octanol–water partition coefficient (Wildman–Crippen LogP) is 3.44. The zero-order chi connectivity index (χ0) is 18.2. The van der Waals surface area contributed by atoms with E-state index in [2.05, 4.69) is 36.5 Å². The Balaban J connectivity index is 1.70. The van der Waals surface area contributed by atoms with E-state index in [-0.39, 0.29) is 6.09 Å². The molecule has 1 aromatic rings. The highest BCUT2D eigenvalue weighted by Gasteiger charge is 2.41. The molecular formula is C19H25N3O2S. The number of rotatable bonds is 1. The van der Waals surface area contributed by atoms with Crippen LogP contribution in [0.5, 0.6) is 0 Å². The van der Waals surface area contributed by atoms with Crippen LogP contribution in [0, 0.1) is 6.92 Å². The van der Waals surface area contributed by atoms with E-state index in [1.807, 2.05) is 20.8 Å². The fourth-order valence-corrected chi connectivity index (χ4v) is 3.45. The lowest BCUT2D eigenvalue weighted by Crippen LogP contribution is -2.52. The Morgan fingerprint density at radius 2 is 1.84 bits per heavy atom. The van der Waals surface area contributed by atoms with Gasteiger partial charge in [-0.1, -0.05) is 42.0 Å². The molecule has 25 heavy (non-hydrogen) atoms. The number of thiocarbonyl (C=S) groups is 1. The average Bonchev–Trinajstić information content (AvgIpc) is 2.83. The quantitative estimate of drug-likeness (QED) is 0.781. The second kappa shape index (κ2) is 6.41. The number of amides is 1. The molecule has 0 atom stereocenters. The Kier molecular flexibility index (Phi) is 4.58. The summed E-state index contributed by atoms with van der Waals surface area (Å²) in [6, 6.07) is 8.24. The van der Waals surface area contributed by atoms with E-state index in [1.54, 1.807) is 4.90 Å². The molecule has 134 valence electrons. The van der Waals surface area contributed by atoms with E-state index in [0.717, 1.165) is 24.1 Å². The van der Waals surface area contributed by atoms with Crippen molar-refractivity contribution in [3.05, 3.63) is 35.4 Å². The summed E-state index contributed by atoms with van der Waals surface area (Å²) in [7, 11) is 0. The minimum Gasteiger partial charge on any atom is -0.444 e. The van der Waals surface area contributed by atoms with Crippen molar-refractivity contribution in [3.63, 3.8) is 0 Å². The van der Waals surface area contributed by atoms with Crippen molar-refractivity contribution in [2.45, 2.75) is 51.8 Å². The summed E-state index contributed by atoms with van der Waals surface area (Å²) in [6.45, 7) is 8.91. The number of carbonyl (C=O) groups excluding carboxylic acids is 1. The van der Waals surface area contributed by atoms with Gasteiger partial charge in [0.15, 0.2) is 0 Å². The van der Waals surface area contributed by atoms with Crippen LogP contribution in [0.15, 0.2) is 29.3 Å². The predicted molar refractivity (Wildman–Crippen MR) is 103 cm³/mol. The van der Waals surface area contributed by atoms with E-state index < -0.39 is 11.3 Å². The van der Waals surface area contributed by atoms with Gasteiger partial charge < -0.3 is 15.0 Å². The van der Waals surface area contributed by atoms with Gasteiger partial charge in [-0.15, -0.1) is 0 Å². The number of nitrogens with one attached hydrogen (secondary N) is 1. The molecule has 1 aromatic carbocycles. The van der Waals surface area contributed by atoms with Crippen molar-refractivity contribution in [2.24, 2.45) is 4.99 Å². The molecule has 0 saturated carbocycles. The fraction of sp³-hybridized carbons (Fsp3) is 0.526. The number of nitrogens with zero attached hydrogens (tertiary/aromatic N) is 2. The van der Waals surface area contributed by atoms with Crippen molar-refractivity contribution >= 4 is 29.0 Å². The number of piperidine rings is 1. The van der Waals surface area contributed by atoms with Gasteiger partial charge in [-0.25, -0.2) is 4.79 Å². The minimum absolute atomic E-state index is 0.259. The maximum atomic E-state index is 12.2. The van der Waals surface area contributed by atoms with Gasteiger partial charge in [0, 0.05) is 31.5 Å². The van der Waals surface area contributed by atoms with Crippen molar-refractivity contribution in [3.8, 4) is 0 Å². The number of carbonyl (C=O) groups is 1. The smallest absolute Gasteiger partial charge is 0.410 e. The number of hydrogen-bond acceptors (Lipinski definition) is 4. The lowest BCUT2D eigenvalue weighted by atomic mass is 9.98. The minimum atomic E-state index is -0.476. The molecular weight excluding hydrogens is 334 g/mol. The van der Waals surface area contributed by atoms with Crippen LogP contribution >= 0.6 is 12.2 Å². The largest absolute Gasteiger partial charge is 0.444 e. The average molecular weight is 359 g/mol. The zero-order valence-corrected chi connectivity index (χ0v) is 16.1. The lowest BCUT2D eigenvalue weighted by molar-refractivity contribution is 0.0165. The van der Waals surface area contributed by atoms with E-state index >= 15 is 0 Å². The Bertz CT molecular complexity index is 711. The lowest BCUT2D eigenvalue weighted by Gasteiger charge is -2.38. The van der Waals surface area contributed by atoms with Crippen LogP contribution in [0.4, 0.5) is 4.79 Å². The summed E-state index contributed by atoms with van der Waals surface area (Å²) in [4.78, 5) is 19.6. The molecule has 1 amide bonds. The van der Waals surface area contributed by atoms with E-state index in [9.17, 15) is 4.79 Å². The molecule has 5 nitrogen and oxygen atoms in total. The van der Waals surface area contributed by atoms with E-state index in [0.29, 0.717) is 18.1 Å². The van der Waals surface area contributed by atoms with Crippen LogP contribution in [-0.2, 0) is 4.74 Å². The Morgan fingerprint density at radius 3 is 2.40 bits per heavy atom. The molecule has 2 heterocycles. The second-order valence-electron chi connectivity index (χ2n) is 7.78. The van der Waals surface area contributed by atoms with Crippen LogP contribution in [-0.4, -0.2) is 46.0 Å².